The van der Waals surface area contributed by atoms with Gasteiger partial charge in [-0.1, -0.05) is 23.2 Å². The second-order valence-electron chi connectivity index (χ2n) is 2.86. The number of rotatable bonds is 4. The van der Waals surface area contributed by atoms with Crippen LogP contribution in [0.4, 0.5) is 0 Å². The zero-order valence-electron chi connectivity index (χ0n) is 7.99. The Labute approximate surface area is 107 Å². The zero-order chi connectivity index (χ0) is 12.1. The van der Waals surface area contributed by atoms with Gasteiger partial charge >= 0.3 is 0 Å². The van der Waals surface area contributed by atoms with Crippen molar-refractivity contribution in [2.24, 2.45) is 5.29 Å². The first-order chi connectivity index (χ1) is 7.58. The molecule has 7 heteroatoms. The van der Waals surface area contributed by atoms with E-state index in [4.69, 9.17) is 34.8 Å². The van der Waals surface area contributed by atoms with E-state index in [2.05, 4.69) is 5.29 Å². The predicted octanol–water partition coefficient (Wildman–Crippen LogP) is 3.36. The van der Waals surface area contributed by atoms with Crippen LogP contribution in [-0.2, 0) is 0 Å². The average Bonchev–Trinajstić information content (AvgIpc) is 2.23. The Morgan fingerprint density at radius 1 is 1.25 bits per heavy atom. The second kappa shape index (κ2) is 6.03. The average molecular weight is 282 g/mol. The summed E-state index contributed by atoms with van der Waals surface area (Å²) in [5.41, 5.74) is 0.196. The topological polar surface area (TPSA) is 49.7 Å². The standard InChI is InChI=1S/C9H7Cl3N2O2/c10-1-2-14(13-16)9(15)6-3-7(11)5-8(12)4-6/h3-5H,1-2H2. The number of alkyl halides is 1. The van der Waals surface area contributed by atoms with E-state index in [1.54, 1.807) is 0 Å². The molecule has 0 saturated heterocycles. The van der Waals surface area contributed by atoms with Crippen molar-refractivity contribution in [2.45, 2.75) is 0 Å². The molecule has 0 bridgehead atoms. The molecule has 1 aromatic carbocycles. The van der Waals surface area contributed by atoms with Crippen molar-refractivity contribution in [1.29, 1.82) is 0 Å². The Balaban J connectivity index is 2.98. The molecule has 1 amide bonds. The highest BCUT2D eigenvalue weighted by Crippen LogP contribution is 2.20. The van der Waals surface area contributed by atoms with Crippen LogP contribution in [-0.4, -0.2) is 23.3 Å². The van der Waals surface area contributed by atoms with Gasteiger partial charge < -0.3 is 0 Å². The van der Waals surface area contributed by atoms with Crippen LogP contribution in [0.5, 0.6) is 0 Å². The van der Waals surface area contributed by atoms with Crippen LogP contribution in [0.2, 0.25) is 10.0 Å². The minimum Gasteiger partial charge on any atom is -0.267 e. The van der Waals surface area contributed by atoms with E-state index in [1.165, 1.54) is 18.2 Å². The van der Waals surface area contributed by atoms with Crippen molar-refractivity contribution in [3.05, 3.63) is 38.7 Å². The summed E-state index contributed by atoms with van der Waals surface area (Å²) in [6, 6.07) is 4.30. The van der Waals surface area contributed by atoms with E-state index in [1.807, 2.05) is 0 Å². The van der Waals surface area contributed by atoms with Crippen LogP contribution in [0.3, 0.4) is 0 Å². The zero-order valence-corrected chi connectivity index (χ0v) is 10.3. The van der Waals surface area contributed by atoms with Crippen molar-refractivity contribution >= 4 is 40.7 Å². The van der Waals surface area contributed by atoms with E-state index in [9.17, 15) is 9.70 Å². The second-order valence-corrected chi connectivity index (χ2v) is 4.11. The maximum Gasteiger partial charge on any atom is 0.276 e. The number of carbonyl (C=O) groups is 1. The molecule has 0 aliphatic rings. The lowest BCUT2D eigenvalue weighted by Gasteiger charge is -2.11. The van der Waals surface area contributed by atoms with Gasteiger partial charge in [0.15, 0.2) is 0 Å². The van der Waals surface area contributed by atoms with Gasteiger partial charge in [-0.3, -0.25) is 4.79 Å². The third kappa shape index (κ3) is 3.33. The number of benzene rings is 1. The van der Waals surface area contributed by atoms with E-state index >= 15 is 0 Å². The number of nitrogens with zero attached hydrogens (tertiary/aromatic N) is 2. The molecule has 86 valence electrons. The van der Waals surface area contributed by atoms with Crippen LogP contribution < -0.4 is 0 Å². The van der Waals surface area contributed by atoms with E-state index in [0.29, 0.717) is 10.0 Å². The molecule has 1 rings (SSSR count). The fraction of sp³-hybridized carbons (Fsp3) is 0.222. The summed E-state index contributed by atoms with van der Waals surface area (Å²) in [6.45, 7) is 0.0357. The van der Waals surface area contributed by atoms with Crippen molar-refractivity contribution in [1.82, 2.24) is 5.01 Å². The number of hydrogen-bond donors (Lipinski definition) is 0. The van der Waals surface area contributed by atoms with Gasteiger partial charge in [0.25, 0.3) is 5.91 Å². The molecule has 0 N–H and O–H groups in total. The van der Waals surface area contributed by atoms with Gasteiger partial charge in [-0.05, 0) is 18.2 Å². The Bertz CT molecular complexity index is 391. The fourth-order valence-electron chi connectivity index (χ4n) is 1.09. The molecule has 0 fully saturated rings. The molecule has 0 unspecified atom stereocenters. The minimum absolute atomic E-state index is 0.0357. The highest BCUT2D eigenvalue weighted by molar-refractivity contribution is 6.35. The Kier molecular flexibility index (Phi) is 4.99. The first-order valence-electron chi connectivity index (χ1n) is 4.25. The largest absolute Gasteiger partial charge is 0.276 e. The van der Waals surface area contributed by atoms with Gasteiger partial charge in [-0.15, -0.1) is 16.5 Å². The van der Waals surface area contributed by atoms with Gasteiger partial charge in [0, 0.05) is 21.5 Å². The van der Waals surface area contributed by atoms with Gasteiger partial charge in [-0.25, -0.2) is 0 Å². The lowest BCUT2D eigenvalue weighted by Crippen LogP contribution is -2.27. The number of halogens is 3. The number of nitroso groups, excluding NO2 is 1. The van der Waals surface area contributed by atoms with Gasteiger partial charge in [0.1, 0.15) is 0 Å². The lowest BCUT2D eigenvalue weighted by molar-refractivity contribution is 0.0767. The van der Waals surface area contributed by atoms with Crippen LogP contribution in [0.1, 0.15) is 10.4 Å². The van der Waals surface area contributed by atoms with E-state index in [-0.39, 0.29) is 18.0 Å². The van der Waals surface area contributed by atoms with Crippen LogP contribution in [0, 0.1) is 4.91 Å². The molecule has 16 heavy (non-hydrogen) atoms. The molecular formula is C9H7Cl3N2O2. The molecule has 0 radical (unpaired) electrons. The molecule has 4 nitrogen and oxygen atoms in total. The highest BCUT2D eigenvalue weighted by atomic mass is 35.5. The third-order valence-corrected chi connectivity index (χ3v) is 2.34. The monoisotopic (exact) mass is 280 g/mol. The number of amides is 1. The Morgan fingerprint density at radius 2 is 1.81 bits per heavy atom. The van der Waals surface area contributed by atoms with Crippen molar-refractivity contribution in [2.75, 3.05) is 12.4 Å². The maximum atomic E-state index is 11.7. The highest BCUT2D eigenvalue weighted by Gasteiger charge is 2.16. The van der Waals surface area contributed by atoms with E-state index < -0.39 is 5.91 Å². The predicted molar refractivity (Wildman–Crippen MR) is 64.0 cm³/mol. The summed E-state index contributed by atoms with van der Waals surface area (Å²) in [7, 11) is 0. The summed E-state index contributed by atoms with van der Waals surface area (Å²) in [5.74, 6) is -0.466. The molecule has 0 aliphatic carbocycles. The molecule has 0 heterocycles. The molecule has 0 aromatic heterocycles. The quantitative estimate of drug-likeness (QED) is 0.483. The Morgan fingerprint density at radius 3 is 2.25 bits per heavy atom. The molecule has 0 atom stereocenters. The fourth-order valence-corrected chi connectivity index (χ4v) is 1.77. The van der Waals surface area contributed by atoms with Crippen molar-refractivity contribution < 1.29 is 4.79 Å². The molecular weight excluding hydrogens is 274 g/mol. The van der Waals surface area contributed by atoms with Crippen LogP contribution in [0.15, 0.2) is 23.5 Å². The van der Waals surface area contributed by atoms with Gasteiger partial charge in [0.05, 0.1) is 11.8 Å². The lowest BCUT2D eigenvalue weighted by atomic mass is 10.2. The molecule has 1 aromatic rings. The van der Waals surface area contributed by atoms with Crippen molar-refractivity contribution in [3.8, 4) is 0 Å². The summed E-state index contributed by atoms with van der Waals surface area (Å²) in [6.07, 6.45) is 0. The molecule has 0 saturated carbocycles. The molecule has 0 spiro atoms. The van der Waals surface area contributed by atoms with Crippen LogP contribution in [0.25, 0.3) is 0 Å². The minimum atomic E-state index is -0.583. The van der Waals surface area contributed by atoms with Crippen LogP contribution >= 0.6 is 34.8 Å². The van der Waals surface area contributed by atoms with Gasteiger partial charge in [0.2, 0.25) is 0 Å². The first-order valence-corrected chi connectivity index (χ1v) is 5.54. The SMILES string of the molecule is O=NN(CCCl)C(=O)c1cc(Cl)cc(Cl)c1. The van der Waals surface area contributed by atoms with Crippen molar-refractivity contribution in [3.63, 3.8) is 0 Å². The first kappa shape index (κ1) is 13.2. The Hall–Kier alpha value is -0.840. The third-order valence-electron chi connectivity index (χ3n) is 1.74. The number of carbonyl (C=O) groups excluding carboxylic acids is 1. The number of hydrogen-bond acceptors (Lipinski definition) is 3. The molecule has 0 aliphatic heterocycles. The smallest absolute Gasteiger partial charge is 0.267 e. The summed E-state index contributed by atoms with van der Waals surface area (Å²) >= 11 is 16.9. The summed E-state index contributed by atoms with van der Waals surface area (Å²) in [4.78, 5) is 22.1. The normalized spacial score (nSPS) is 9.94. The summed E-state index contributed by atoms with van der Waals surface area (Å²) < 4.78 is 0. The van der Waals surface area contributed by atoms with E-state index in [0.717, 1.165) is 5.01 Å². The maximum absolute atomic E-state index is 11.7. The summed E-state index contributed by atoms with van der Waals surface area (Å²) in [5, 5.41) is 3.92. The van der Waals surface area contributed by atoms with Gasteiger partial charge in [-0.2, -0.15) is 5.01 Å².